The summed E-state index contributed by atoms with van der Waals surface area (Å²) in [5.41, 5.74) is 1.82. The quantitative estimate of drug-likeness (QED) is 0.719. The Morgan fingerprint density at radius 3 is 2.39 bits per heavy atom. The van der Waals surface area contributed by atoms with Crippen molar-refractivity contribution in [1.82, 2.24) is 4.90 Å². The number of carbonyl (C=O) groups excluding carboxylic acids is 2. The molecule has 2 amide bonds. The molecule has 1 aromatic rings. The molecule has 0 aliphatic rings. The summed E-state index contributed by atoms with van der Waals surface area (Å²) in [6.07, 6.45) is 0.692. The minimum atomic E-state index is -1.03. The van der Waals surface area contributed by atoms with E-state index in [-0.39, 0.29) is 29.9 Å². The van der Waals surface area contributed by atoms with Gasteiger partial charge in [0.2, 0.25) is 11.8 Å². The van der Waals surface area contributed by atoms with Crippen LogP contribution in [0.3, 0.4) is 0 Å². The van der Waals surface area contributed by atoms with Gasteiger partial charge in [0.1, 0.15) is 6.54 Å². The number of nitrogens with zero attached hydrogens (tertiary/aromatic N) is 1. The number of nitrogens with one attached hydrogen (secondary N) is 1. The van der Waals surface area contributed by atoms with Crippen molar-refractivity contribution in [3.63, 3.8) is 0 Å². The number of carbonyl (C=O) groups is 3. The van der Waals surface area contributed by atoms with Crippen molar-refractivity contribution in [3.8, 4) is 0 Å². The van der Waals surface area contributed by atoms with Crippen LogP contribution in [0, 0.1) is 6.92 Å². The van der Waals surface area contributed by atoms with Crippen molar-refractivity contribution in [1.29, 1.82) is 0 Å². The van der Waals surface area contributed by atoms with Crippen LogP contribution in [0.15, 0.2) is 24.3 Å². The topological polar surface area (TPSA) is 86.7 Å². The summed E-state index contributed by atoms with van der Waals surface area (Å²) in [5.74, 6) is -1.25. The maximum absolute atomic E-state index is 12.0. The number of hydrogen-bond donors (Lipinski definition) is 2. The van der Waals surface area contributed by atoms with E-state index in [1.54, 1.807) is 0 Å². The van der Waals surface area contributed by atoms with Crippen molar-refractivity contribution in [2.24, 2.45) is 0 Å². The van der Waals surface area contributed by atoms with Crippen LogP contribution in [-0.4, -0.2) is 52.4 Å². The van der Waals surface area contributed by atoms with Crippen LogP contribution in [0.25, 0.3) is 0 Å². The molecule has 0 bridgehead atoms. The van der Waals surface area contributed by atoms with Crippen molar-refractivity contribution < 1.29 is 19.5 Å². The predicted molar refractivity (Wildman–Crippen MR) is 91.6 cm³/mol. The minimum absolute atomic E-state index is 0.0919. The number of benzene rings is 1. The summed E-state index contributed by atoms with van der Waals surface area (Å²) in [4.78, 5) is 35.8. The van der Waals surface area contributed by atoms with E-state index in [1.807, 2.05) is 38.1 Å². The van der Waals surface area contributed by atoms with Crippen LogP contribution >= 0.6 is 11.8 Å². The van der Waals surface area contributed by atoms with E-state index >= 15 is 0 Å². The monoisotopic (exact) mass is 338 g/mol. The smallest absolute Gasteiger partial charge is 0.323 e. The lowest BCUT2D eigenvalue weighted by atomic mass is 10.2. The first-order chi connectivity index (χ1) is 10.9. The highest BCUT2D eigenvalue weighted by atomic mass is 32.2. The Morgan fingerprint density at radius 2 is 1.83 bits per heavy atom. The molecule has 0 fully saturated rings. The van der Waals surface area contributed by atoms with Crippen molar-refractivity contribution in [2.75, 3.05) is 29.9 Å². The molecule has 0 unspecified atom stereocenters. The Bertz CT molecular complexity index is 546. The molecule has 6 nitrogen and oxygen atoms in total. The highest BCUT2D eigenvalue weighted by molar-refractivity contribution is 8.00. The molecule has 7 heteroatoms. The van der Waals surface area contributed by atoms with Crippen LogP contribution < -0.4 is 5.32 Å². The molecule has 0 radical (unpaired) electrons. The maximum atomic E-state index is 12.0. The van der Waals surface area contributed by atoms with E-state index in [4.69, 9.17) is 5.11 Å². The fourth-order valence-corrected chi connectivity index (χ4v) is 2.60. The van der Waals surface area contributed by atoms with Gasteiger partial charge >= 0.3 is 5.97 Å². The Balaban J connectivity index is 2.36. The highest BCUT2D eigenvalue weighted by Crippen LogP contribution is 2.10. The third kappa shape index (κ3) is 7.69. The number of aryl methyl sites for hydroxylation is 1. The van der Waals surface area contributed by atoms with Crippen LogP contribution in [-0.2, 0) is 14.4 Å². The van der Waals surface area contributed by atoms with Gasteiger partial charge in [0, 0.05) is 12.2 Å². The second-order valence-electron chi connectivity index (χ2n) is 5.12. The number of thioether (sulfide) groups is 1. The average Bonchev–Trinajstić information content (AvgIpc) is 2.48. The third-order valence-electron chi connectivity index (χ3n) is 2.97. The van der Waals surface area contributed by atoms with Crippen LogP contribution in [0.5, 0.6) is 0 Å². The number of hydrogen-bond acceptors (Lipinski definition) is 4. The Morgan fingerprint density at radius 1 is 1.17 bits per heavy atom. The molecule has 1 rings (SSSR count). The zero-order valence-electron chi connectivity index (χ0n) is 13.4. The normalized spacial score (nSPS) is 10.2. The maximum Gasteiger partial charge on any atom is 0.323 e. The summed E-state index contributed by atoms with van der Waals surface area (Å²) in [6, 6.07) is 7.44. The van der Waals surface area contributed by atoms with E-state index < -0.39 is 5.97 Å². The van der Waals surface area contributed by atoms with Gasteiger partial charge in [-0.1, -0.05) is 24.6 Å². The standard InChI is InChI=1S/C16H22N2O4S/c1-3-8-18(9-16(21)22)15(20)11-23-10-14(19)17-13-6-4-12(2)5-7-13/h4-7H,3,8-11H2,1-2H3,(H,17,19)(H,21,22). The van der Waals surface area contributed by atoms with Crippen LogP contribution in [0.2, 0.25) is 0 Å². The molecule has 0 heterocycles. The largest absolute Gasteiger partial charge is 0.480 e. The summed E-state index contributed by atoms with van der Waals surface area (Å²) in [7, 11) is 0. The molecule has 0 saturated carbocycles. The zero-order chi connectivity index (χ0) is 17.2. The van der Waals surface area contributed by atoms with E-state index in [0.29, 0.717) is 18.7 Å². The van der Waals surface area contributed by atoms with Crippen LogP contribution in [0.4, 0.5) is 5.69 Å². The molecule has 126 valence electrons. The molecular weight excluding hydrogens is 316 g/mol. The van der Waals surface area contributed by atoms with Gasteiger partial charge in [-0.2, -0.15) is 0 Å². The molecule has 0 aliphatic carbocycles. The van der Waals surface area contributed by atoms with Gasteiger partial charge < -0.3 is 15.3 Å². The van der Waals surface area contributed by atoms with Crippen molar-refractivity contribution in [2.45, 2.75) is 20.3 Å². The number of rotatable bonds is 9. The van der Waals surface area contributed by atoms with E-state index in [1.165, 1.54) is 16.7 Å². The minimum Gasteiger partial charge on any atom is -0.480 e. The molecule has 0 saturated heterocycles. The first kappa shape index (κ1) is 19.0. The number of amides is 2. The summed E-state index contributed by atoms with van der Waals surface area (Å²) >= 11 is 1.18. The molecule has 2 N–H and O–H groups in total. The predicted octanol–water partition coefficient (Wildman–Crippen LogP) is 1.99. The Labute approximate surface area is 140 Å². The van der Waals surface area contributed by atoms with Gasteiger partial charge in [0.15, 0.2) is 0 Å². The fraction of sp³-hybridized carbons (Fsp3) is 0.438. The Kier molecular flexibility index (Phi) is 8.18. The van der Waals surface area contributed by atoms with Gasteiger partial charge in [-0.15, -0.1) is 11.8 Å². The van der Waals surface area contributed by atoms with Crippen LogP contribution in [0.1, 0.15) is 18.9 Å². The SMILES string of the molecule is CCCN(CC(=O)O)C(=O)CSCC(=O)Nc1ccc(C)cc1. The molecule has 0 atom stereocenters. The van der Waals surface area contributed by atoms with Crippen molar-refractivity contribution >= 4 is 35.2 Å². The fourth-order valence-electron chi connectivity index (χ4n) is 1.88. The second kappa shape index (κ2) is 9.89. The van der Waals surface area contributed by atoms with Gasteiger partial charge in [-0.25, -0.2) is 0 Å². The average molecular weight is 338 g/mol. The third-order valence-corrected chi connectivity index (χ3v) is 3.88. The van der Waals surface area contributed by atoms with Gasteiger partial charge in [0.05, 0.1) is 11.5 Å². The number of anilines is 1. The van der Waals surface area contributed by atoms with E-state index in [0.717, 1.165) is 5.56 Å². The second-order valence-corrected chi connectivity index (χ2v) is 6.10. The molecule has 23 heavy (non-hydrogen) atoms. The first-order valence-electron chi connectivity index (χ1n) is 7.36. The number of carboxylic acid groups (broad SMARTS) is 1. The summed E-state index contributed by atoms with van der Waals surface area (Å²) in [6.45, 7) is 3.95. The molecule has 0 aromatic heterocycles. The van der Waals surface area contributed by atoms with E-state index in [9.17, 15) is 14.4 Å². The number of aliphatic carboxylic acids is 1. The summed E-state index contributed by atoms with van der Waals surface area (Å²) in [5, 5.41) is 11.5. The highest BCUT2D eigenvalue weighted by Gasteiger charge is 2.16. The first-order valence-corrected chi connectivity index (χ1v) is 8.51. The number of carboxylic acids is 1. The molecular formula is C16H22N2O4S. The van der Waals surface area contributed by atoms with Gasteiger partial charge in [-0.05, 0) is 25.5 Å². The van der Waals surface area contributed by atoms with Gasteiger partial charge in [-0.3, -0.25) is 14.4 Å². The lowest BCUT2D eigenvalue weighted by Crippen LogP contribution is -2.37. The molecule has 1 aromatic carbocycles. The van der Waals surface area contributed by atoms with E-state index in [2.05, 4.69) is 5.32 Å². The lowest BCUT2D eigenvalue weighted by Gasteiger charge is -2.19. The molecule has 0 spiro atoms. The zero-order valence-corrected chi connectivity index (χ0v) is 14.2. The van der Waals surface area contributed by atoms with Gasteiger partial charge in [0.25, 0.3) is 0 Å². The molecule has 0 aliphatic heterocycles. The van der Waals surface area contributed by atoms with Crippen molar-refractivity contribution in [3.05, 3.63) is 29.8 Å². The summed E-state index contributed by atoms with van der Waals surface area (Å²) < 4.78 is 0. The Hall–Kier alpha value is -2.02. The lowest BCUT2D eigenvalue weighted by molar-refractivity contribution is -0.143.